The van der Waals surface area contributed by atoms with E-state index in [2.05, 4.69) is 133 Å². The molecule has 0 N–H and O–H groups in total. The average Bonchev–Trinajstić information content (AvgIpc) is 3.61. The van der Waals surface area contributed by atoms with Gasteiger partial charge in [0.25, 0.3) is 0 Å². The fourth-order valence-corrected chi connectivity index (χ4v) is 8.71. The quantitative estimate of drug-likeness (QED) is 0.177. The zero-order valence-electron chi connectivity index (χ0n) is 25.3. The van der Waals surface area contributed by atoms with Crippen molar-refractivity contribution in [3.8, 4) is 33.5 Å². The summed E-state index contributed by atoms with van der Waals surface area (Å²) in [4.78, 5) is 15.0. The fraction of sp³-hybridized carbons (Fsp3) is 0.0227. The molecule has 6 aromatic carbocycles. The number of nitrogens with zero attached hydrogens (tertiary/aromatic N) is 3. The molecule has 1 spiro atoms. The predicted molar refractivity (Wildman–Crippen MR) is 192 cm³/mol. The lowest BCUT2D eigenvalue weighted by molar-refractivity contribution is 0.794. The van der Waals surface area contributed by atoms with Gasteiger partial charge in [0.15, 0.2) is 0 Å². The summed E-state index contributed by atoms with van der Waals surface area (Å²) < 4.78 is 0. The van der Waals surface area contributed by atoms with E-state index in [0.29, 0.717) is 0 Å². The summed E-state index contributed by atoms with van der Waals surface area (Å²) in [6.07, 6.45) is 3.77. The van der Waals surface area contributed by atoms with Gasteiger partial charge in [0, 0.05) is 33.3 Å². The third-order valence-electron chi connectivity index (χ3n) is 10.5. The Morgan fingerprint density at radius 2 is 1.09 bits per heavy atom. The Labute approximate surface area is 270 Å². The van der Waals surface area contributed by atoms with Gasteiger partial charge in [0.1, 0.15) is 0 Å². The molecule has 0 unspecified atom stereocenters. The molecule has 2 aliphatic rings. The van der Waals surface area contributed by atoms with E-state index in [1.54, 1.807) is 0 Å². The van der Waals surface area contributed by atoms with Gasteiger partial charge < -0.3 is 0 Å². The van der Waals surface area contributed by atoms with Crippen LogP contribution in [0.5, 0.6) is 0 Å². The van der Waals surface area contributed by atoms with Gasteiger partial charge in [-0.3, -0.25) is 9.97 Å². The molecule has 9 aromatic rings. The smallest absolute Gasteiger partial charge is 0.0972 e. The third kappa shape index (κ3) is 3.09. The molecule has 0 amide bonds. The summed E-state index contributed by atoms with van der Waals surface area (Å²) in [6.45, 7) is 0. The topological polar surface area (TPSA) is 38.7 Å². The normalized spacial score (nSPS) is 13.7. The summed E-state index contributed by atoms with van der Waals surface area (Å²) in [7, 11) is 0. The standard InChI is InChI=1S/C44H25N3/c1-2-15-33-32(14-1)40-34-22-19-26-10-9-23-45-42(26)43(34)46-25-39(40)47-41(33)27-20-21-31-30-13-5-8-18-37(30)44(38(31)24-27)35-16-6-3-11-28(35)29-12-4-7-17-36(29)44/h1-25H. The van der Waals surface area contributed by atoms with Crippen molar-refractivity contribution in [1.29, 1.82) is 0 Å². The van der Waals surface area contributed by atoms with Crippen LogP contribution in [0.25, 0.3) is 77.0 Å². The van der Waals surface area contributed by atoms with E-state index >= 15 is 0 Å². The molecular formula is C44H25N3. The van der Waals surface area contributed by atoms with Gasteiger partial charge in [-0.2, -0.15) is 0 Å². The van der Waals surface area contributed by atoms with Crippen LogP contribution < -0.4 is 0 Å². The van der Waals surface area contributed by atoms with Crippen LogP contribution in [0.2, 0.25) is 0 Å². The zero-order chi connectivity index (χ0) is 30.7. The van der Waals surface area contributed by atoms with Crippen LogP contribution >= 0.6 is 0 Å². The van der Waals surface area contributed by atoms with Crippen LogP contribution in [-0.2, 0) is 5.41 Å². The second kappa shape index (κ2) is 8.96. The molecule has 0 bridgehead atoms. The Morgan fingerprint density at radius 1 is 0.447 bits per heavy atom. The van der Waals surface area contributed by atoms with Crippen molar-refractivity contribution in [3.05, 3.63) is 174 Å². The van der Waals surface area contributed by atoms with Crippen molar-refractivity contribution in [2.24, 2.45) is 0 Å². The highest BCUT2D eigenvalue weighted by atomic mass is 14.8. The molecule has 3 heterocycles. The second-order valence-electron chi connectivity index (χ2n) is 12.7. The predicted octanol–water partition coefficient (Wildman–Crippen LogP) is 10.5. The molecule has 216 valence electrons. The first-order valence-corrected chi connectivity index (χ1v) is 16.1. The molecule has 0 fully saturated rings. The molecule has 0 radical (unpaired) electrons. The van der Waals surface area contributed by atoms with Gasteiger partial charge in [-0.05, 0) is 62.0 Å². The summed E-state index contributed by atoms with van der Waals surface area (Å²) >= 11 is 0. The molecule has 2 aliphatic carbocycles. The van der Waals surface area contributed by atoms with Crippen molar-refractivity contribution in [2.45, 2.75) is 5.41 Å². The van der Waals surface area contributed by atoms with Crippen LogP contribution in [0.4, 0.5) is 0 Å². The van der Waals surface area contributed by atoms with Crippen molar-refractivity contribution in [2.75, 3.05) is 0 Å². The lowest BCUT2D eigenvalue weighted by Gasteiger charge is -2.30. The Bertz CT molecular complexity index is 2750. The van der Waals surface area contributed by atoms with E-state index in [1.165, 1.54) is 49.9 Å². The molecule has 0 aliphatic heterocycles. The van der Waals surface area contributed by atoms with Gasteiger partial charge in [-0.1, -0.05) is 127 Å². The minimum Gasteiger partial charge on any atom is -0.254 e. The SMILES string of the molecule is c1ccc2c(c1)-c1ccccc1C21c2ccccc2-c2ccc(-c3nc4cnc5c(ccc6cccnc65)c4c4ccccc34)cc21. The monoisotopic (exact) mass is 595 g/mol. The lowest BCUT2D eigenvalue weighted by Crippen LogP contribution is -2.25. The zero-order valence-corrected chi connectivity index (χ0v) is 25.3. The number of fused-ring (bicyclic) bond motifs is 17. The summed E-state index contributed by atoms with van der Waals surface area (Å²) in [6, 6.07) is 50.9. The molecule has 3 aromatic heterocycles. The van der Waals surface area contributed by atoms with E-state index < -0.39 is 5.41 Å². The molecular weight excluding hydrogens is 571 g/mol. The molecule has 0 saturated carbocycles. The highest BCUT2D eigenvalue weighted by Crippen LogP contribution is 2.63. The molecule has 3 heteroatoms. The van der Waals surface area contributed by atoms with E-state index in [1.807, 2.05) is 18.5 Å². The number of hydrogen-bond donors (Lipinski definition) is 0. The maximum absolute atomic E-state index is 5.40. The van der Waals surface area contributed by atoms with E-state index in [0.717, 1.165) is 49.4 Å². The van der Waals surface area contributed by atoms with Crippen LogP contribution in [0.15, 0.2) is 152 Å². The fourth-order valence-electron chi connectivity index (χ4n) is 8.71. The number of benzene rings is 6. The Balaban J connectivity index is 1.22. The van der Waals surface area contributed by atoms with Crippen LogP contribution in [-0.4, -0.2) is 15.0 Å². The molecule has 0 atom stereocenters. The minimum atomic E-state index is -0.395. The van der Waals surface area contributed by atoms with E-state index in [9.17, 15) is 0 Å². The van der Waals surface area contributed by atoms with Crippen LogP contribution in [0, 0.1) is 0 Å². The first-order chi connectivity index (χ1) is 23.3. The molecule has 47 heavy (non-hydrogen) atoms. The van der Waals surface area contributed by atoms with E-state index in [-0.39, 0.29) is 0 Å². The lowest BCUT2D eigenvalue weighted by atomic mass is 9.70. The first-order valence-electron chi connectivity index (χ1n) is 16.1. The minimum absolute atomic E-state index is 0.395. The maximum Gasteiger partial charge on any atom is 0.0972 e. The van der Waals surface area contributed by atoms with Crippen molar-refractivity contribution < 1.29 is 0 Å². The number of hydrogen-bond acceptors (Lipinski definition) is 3. The Hall–Kier alpha value is -6.19. The Morgan fingerprint density at radius 3 is 1.81 bits per heavy atom. The second-order valence-corrected chi connectivity index (χ2v) is 12.7. The summed E-state index contributed by atoms with van der Waals surface area (Å²) in [5.74, 6) is 0. The highest BCUT2D eigenvalue weighted by molar-refractivity contribution is 6.23. The van der Waals surface area contributed by atoms with Gasteiger partial charge in [0.05, 0.1) is 33.9 Å². The van der Waals surface area contributed by atoms with Crippen LogP contribution in [0.3, 0.4) is 0 Å². The van der Waals surface area contributed by atoms with Gasteiger partial charge in [0.2, 0.25) is 0 Å². The van der Waals surface area contributed by atoms with Crippen molar-refractivity contribution in [3.63, 3.8) is 0 Å². The largest absolute Gasteiger partial charge is 0.254 e. The molecule has 0 saturated heterocycles. The molecule has 11 rings (SSSR count). The van der Waals surface area contributed by atoms with Gasteiger partial charge in [-0.15, -0.1) is 0 Å². The number of rotatable bonds is 1. The van der Waals surface area contributed by atoms with E-state index in [4.69, 9.17) is 15.0 Å². The van der Waals surface area contributed by atoms with Crippen molar-refractivity contribution >= 4 is 43.5 Å². The summed E-state index contributed by atoms with van der Waals surface area (Å²) in [5, 5.41) is 5.58. The number of pyridine rings is 3. The third-order valence-corrected chi connectivity index (χ3v) is 10.5. The molecule has 3 nitrogen and oxygen atoms in total. The summed E-state index contributed by atoms with van der Waals surface area (Å²) in [5.41, 5.74) is 15.0. The highest BCUT2D eigenvalue weighted by Gasteiger charge is 2.51. The van der Waals surface area contributed by atoms with Gasteiger partial charge >= 0.3 is 0 Å². The Kier molecular flexibility index (Phi) is 4.78. The van der Waals surface area contributed by atoms with Crippen molar-refractivity contribution in [1.82, 2.24) is 15.0 Å². The number of aromatic nitrogens is 3. The average molecular weight is 596 g/mol. The maximum atomic E-state index is 5.40. The van der Waals surface area contributed by atoms with Crippen LogP contribution in [0.1, 0.15) is 22.3 Å². The first kappa shape index (κ1) is 25.1. The van der Waals surface area contributed by atoms with Gasteiger partial charge in [-0.25, -0.2) is 4.98 Å².